The van der Waals surface area contributed by atoms with Gasteiger partial charge in [0.2, 0.25) is 0 Å². The summed E-state index contributed by atoms with van der Waals surface area (Å²) in [5.41, 5.74) is 4.13. The lowest BCUT2D eigenvalue weighted by Crippen LogP contribution is -2.46. The predicted octanol–water partition coefficient (Wildman–Crippen LogP) is 4.93. The van der Waals surface area contributed by atoms with Gasteiger partial charge in [0, 0.05) is 37.6 Å². The van der Waals surface area contributed by atoms with Gasteiger partial charge in [-0.1, -0.05) is 37.3 Å². The van der Waals surface area contributed by atoms with Crippen LogP contribution in [0.1, 0.15) is 31.9 Å². The van der Waals surface area contributed by atoms with Crippen LogP contribution in [-0.2, 0) is 11.3 Å². The Morgan fingerprint density at radius 1 is 0.821 bits per heavy atom. The normalized spacial score (nSPS) is 15.3. The lowest BCUT2D eigenvalue weighted by atomic mass is 10.1. The summed E-state index contributed by atoms with van der Waals surface area (Å²) in [7, 11) is 1.69. The van der Waals surface area contributed by atoms with Gasteiger partial charge in [-0.15, -0.1) is 0 Å². The molecule has 1 aliphatic heterocycles. The molecule has 1 unspecified atom stereocenters. The standard InChI is InChI=1S/C31H37N5O3/c1-4-30(24(2)39-22-25-8-6-5-7-9-25)36-31(37)35(23-32-36)28-12-10-26(11-13-28)33-18-20-34(21-19-33)27-14-16-29(38-3)17-15-27/h5-17,23-24,30H,4,18-22H2,1-3H3/t24?,30-/m0/s1. The highest BCUT2D eigenvalue weighted by atomic mass is 16.5. The fourth-order valence-electron chi connectivity index (χ4n) is 5.18. The number of methoxy groups -OCH3 is 1. The predicted molar refractivity (Wildman–Crippen MR) is 155 cm³/mol. The van der Waals surface area contributed by atoms with E-state index in [1.165, 1.54) is 5.69 Å². The van der Waals surface area contributed by atoms with Crippen molar-refractivity contribution in [2.24, 2.45) is 0 Å². The SMILES string of the molecule is CC[C@@H](C(C)OCc1ccccc1)n1ncn(-c2ccc(N3CCN(c4ccc(OC)cc4)CC3)cc2)c1=O. The van der Waals surface area contributed by atoms with Gasteiger partial charge in [0.25, 0.3) is 0 Å². The zero-order valence-electron chi connectivity index (χ0n) is 22.9. The van der Waals surface area contributed by atoms with E-state index in [0.29, 0.717) is 6.61 Å². The molecule has 0 spiro atoms. The van der Waals surface area contributed by atoms with Crippen LogP contribution >= 0.6 is 0 Å². The van der Waals surface area contributed by atoms with Crippen molar-refractivity contribution in [1.29, 1.82) is 0 Å². The highest BCUT2D eigenvalue weighted by molar-refractivity contribution is 5.54. The van der Waals surface area contributed by atoms with Gasteiger partial charge in [0.05, 0.1) is 31.5 Å². The maximum absolute atomic E-state index is 13.3. The van der Waals surface area contributed by atoms with Crippen LogP contribution in [0, 0.1) is 0 Å². The Kier molecular flexibility index (Phi) is 8.32. The third kappa shape index (κ3) is 6.01. The summed E-state index contributed by atoms with van der Waals surface area (Å²) in [6, 6.07) is 26.3. The number of rotatable bonds is 10. The average Bonchev–Trinajstić information content (AvgIpc) is 3.38. The second-order valence-electron chi connectivity index (χ2n) is 9.89. The Bertz CT molecular complexity index is 1370. The second-order valence-corrected chi connectivity index (χ2v) is 9.89. The molecule has 0 bridgehead atoms. The smallest absolute Gasteiger partial charge is 0.350 e. The Balaban J connectivity index is 1.21. The average molecular weight is 528 g/mol. The number of ether oxygens (including phenoxy) is 2. The van der Waals surface area contributed by atoms with E-state index in [4.69, 9.17) is 9.47 Å². The van der Waals surface area contributed by atoms with Gasteiger partial charge in [-0.05, 0) is 67.4 Å². The van der Waals surface area contributed by atoms with E-state index in [0.717, 1.165) is 55.3 Å². The summed E-state index contributed by atoms with van der Waals surface area (Å²) < 4.78 is 14.6. The first-order chi connectivity index (χ1) is 19.1. The van der Waals surface area contributed by atoms with Crippen molar-refractivity contribution >= 4 is 11.4 Å². The van der Waals surface area contributed by atoms with Gasteiger partial charge in [0.1, 0.15) is 12.1 Å². The molecular weight excluding hydrogens is 490 g/mol. The van der Waals surface area contributed by atoms with Gasteiger partial charge in [-0.2, -0.15) is 5.10 Å². The molecule has 0 N–H and O–H groups in total. The molecule has 39 heavy (non-hydrogen) atoms. The Morgan fingerprint density at radius 2 is 1.38 bits per heavy atom. The minimum absolute atomic E-state index is 0.149. The van der Waals surface area contributed by atoms with Gasteiger partial charge in [0.15, 0.2) is 0 Å². The van der Waals surface area contributed by atoms with Crippen molar-refractivity contribution in [1.82, 2.24) is 14.3 Å². The molecule has 1 aliphatic rings. The first-order valence-corrected chi connectivity index (χ1v) is 13.6. The quantitative estimate of drug-likeness (QED) is 0.292. The van der Waals surface area contributed by atoms with Crippen LogP contribution in [0.3, 0.4) is 0 Å². The molecule has 8 nitrogen and oxygen atoms in total. The van der Waals surface area contributed by atoms with Crippen molar-refractivity contribution in [3.63, 3.8) is 0 Å². The molecule has 1 fully saturated rings. The first kappa shape index (κ1) is 26.6. The van der Waals surface area contributed by atoms with Crippen LogP contribution in [0.4, 0.5) is 11.4 Å². The molecule has 1 aromatic heterocycles. The van der Waals surface area contributed by atoms with E-state index >= 15 is 0 Å². The molecule has 3 aromatic carbocycles. The summed E-state index contributed by atoms with van der Waals surface area (Å²) in [6.07, 6.45) is 2.20. The minimum atomic E-state index is -0.157. The maximum Gasteiger partial charge on any atom is 0.350 e. The van der Waals surface area contributed by atoms with E-state index in [9.17, 15) is 4.79 Å². The molecule has 5 rings (SSSR count). The highest BCUT2D eigenvalue weighted by Gasteiger charge is 2.23. The van der Waals surface area contributed by atoms with Crippen LogP contribution in [0.5, 0.6) is 5.75 Å². The molecule has 0 amide bonds. The Labute approximate surface area is 230 Å². The van der Waals surface area contributed by atoms with Crippen molar-refractivity contribution in [3.05, 3.63) is 101 Å². The zero-order chi connectivity index (χ0) is 27.2. The lowest BCUT2D eigenvalue weighted by molar-refractivity contribution is 0.0117. The number of anilines is 2. The number of piperazine rings is 1. The number of benzene rings is 3. The molecule has 1 saturated heterocycles. The molecule has 0 aliphatic carbocycles. The third-order valence-electron chi connectivity index (χ3n) is 7.53. The maximum atomic E-state index is 13.3. The van der Waals surface area contributed by atoms with Gasteiger partial charge in [-0.3, -0.25) is 0 Å². The van der Waals surface area contributed by atoms with Crippen molar-refractivity contribution in [2.75, 3.05) is 43.1 Å². The van der Waals surface area contributed by atoms with Crippen LogP contribution in [0.15, 0.2) is 90.0 Å². The molecule has 0 radical (unpaired) electrons. The van der Waals surface area contributed by atoms with Crippen LogP contribution in [0.25, 0.3) is 5.69 Å². The van der Waals surface area contributed by atoms with Crippen LogP contribution in [-0.4, -0.2) is 53.7 Å². The molecule has 2 atom stereocenters. The molecule has 2 heterocycles. The zero-order valence-corrected chi connectivity index (χ0v) is 22.9. The van der Waals surface area contributed by atoms with Crippen molar-refractivity contribution < 1.29 is 9.47 Å². The monoisotopic (exact) mass is 527 g/mol. The van der Waals surface area contributed by atoms with Crippen LogP contribution in [0.2, 0.25) is 0 Å². The summed E-state index contributed by atoms with van der Waals surface area (Å²) >= 11 is 0. The summed E-state index contributed by atoms with van der Waals surface area (Å²) in [5.74, 6) is 0.873. The van der Waals surface area contributed by atoms with Crippen LogP contribution < -0.4 is 20.2 Å². The molecular formula is C31H37N5O3. The van der Waals surface area contributed by atoms with Gasteiger partial charge < -0.3 is 19.3 Å². The van der Waals surface area contributed by atoms with E-state index < -0.39 is 0 Å². The summed E-state index contributed by atoms with van der Waals surface area (Å²) in [6.45, 7) is 8.33. The van der Waals surface area contributed by atoms with E-state index in [1.54, 1.807) is 22.7 Å². The Morgan fingerprint density at radius 3 is 1.95 bits per heavy atom. The van der Waals surface area contributed by atoms with Gasteiger partial charge in [-0.25, -0.2) is 14.0 Å². The van der Waals surface area contributed by atoms with Gasteiger partial charge >= 0.3 is 5.69 Å². The molecule has 4 aromatic rings. The van der Waals surface area contributed by atoms with E-state index in [-0.39, 0.29) is 17.8 Å². The number of nitrogens with zero attached hydrogens (tertiary/aromatic N) is 5. The lowest BCUT2D eigenvalue weighted by Gasteiger charge is -2.37. The Hall–Kier alpha value is -4.04. The summed E-state index contributed by atoms with van der Waals surface area (Å²) in [5, 5.41) is 4.46. The highest BCUT2D eigenvalue weighted by Crippen LogP contribution is 2.24. The summed E-state index contributed by atoms with van der Waals surface area (Å²) in [4.78, 5) is 18.1. The number of aromatic nitrogens is 3. The second kappa shape index (κ2) is 12.2. The third-order valence-corrected chi connectivity index (χ3v) is 7.53. The fourth-order valence-corrected chi connectivity index (χ4v) is 5.18. The largest absolute Gasteiger partial charge is 0.497 e. The fraction of sp³-hybridized carbons (Fsp3) is 0.355. The molecule has 0 saturated carbocycles. The van der Waals surface area contributed by atoms with Crippen molar-refractivity contribution in [2.45, 2.75) is 39.0 Å². The van der Waals surface area contributed by atoms with E-state index in [1.807, 2.05) is 61.5 Å². The first-order valence-electron chi connectivity index (χ1n) is 13.6. The topological polar surface area (TPSA) is 64.8 Å². The molecule has 8 heteroatoms. The van der Waals surface area contributed by atoms with Crippen molar-refractivity contribution in [3.8, 4) is 11.4 Å². The number of hydrogen-bond donors (Lipinski definition) is 0. The molecule has 204 valence electrons. The number of hydrogen-bond acceptors (Lipinski definition) is 6. The van der Waals surface area contributed by atoms with E-state index in [2.05, 4.69) is 46.1 Å². The minimum Gasteiger partial charge on any atom is -0.497 e.